The van der Waals surface area contributed by atoms with Crippen LogP contribution in [0.1, 0.15) is 38.3 Å². The molecule has 0 unspecified atom stereocenters. The first kappa shape index (κ1) is 20.0. The molecule has 1 aliphatic heterocycles. The van der Waals surface area contributed by atoms with Crippen LogP contribution in [0.15, 0.2) is 36.4 Å². The molecule has 0 radical (unpaired) electrons. The Kier molecular flexibility index (Phi) is 5.58. The number of hydrogen-bond acceptors (Lipinski definition) is 5. The minimum Gasteiger partial charge on any atom is -0.338 e. The lowest BCUT2D eigenvalue weighted by Crippen LogP contribution is -2.35. The highest BCUT2D eigenvalue weighted by atomic mass is 16.6. The second-order valence-electron chi connectivity index (χ2n) is 6.78. The number of benzene rings is 2. The lowest BCUT2D eigenvalue weighted by atomic mass is 10.1. The molecule has 150 valence electrons. The third kappa shape index (κ3) is 4.23. The summed E-state index contributed by atoms with van der Waals surface area (Å²) in [6.45, 7) is 4.29. The molecule has 3 rings (SSSR count). The van der Waals surface area contributed by atoms with Gasteiger partial charge in [0.2, 0.25) is 0 Å². The first-order valence-corrected chi connectivity index (χ1v) is 9.04. The van der Waals surface area contributed by atoms with E-state index in [1.165, 1.54) is 12.1 Å². The quantitative estimate of drug-likeness (QED) is 0.336. The van der Waals surface area contributed by atoms with Gasteiger partial charge in [0.15, 0.2) is 0 Å². The van der Waals surface area contributed by atoms with Gasteiger partial charge in [-0.3, -0.25) is 24.6 Å². The van der Waals surface area contributed by atoms with Gasteiger partial charge in [0.05, 0.1) is 16.1 Å². The second kappa shape index (κ2) is 8.09. The van der Waals surface area contributed by atoms with Crippen LogP contribution in [-0.4, -0.2) is 40.8 Å². The van der Waals surface area contributed by atoms with Crippen molar-refractivity contribution >= 4 is 29.2 Å². The molecule has 0 bridgehead atoms. The maximum atomic E-state index is 12.4. The number of anilines is 1. The zero-order valence-electron chi connectivity index (χ0n) is 16.0. The van der Waals surface area contributed by atoms with Crippen LogP contribution in [0, 0.1) is 24.0 Å². The molecule has 0 fully saturated rings. The fourth-order valence-corrected chi connectivity index (χ4v) is 3.03. The highest BCUT2D eigenvalue weighted by molar-refractivity contribution is 6.21. The first-order chi connectivity index (χ1) is 13.8. The topological polar surface area (TPSA) is 122 Å². The molecule has 0 saturated heterocycles. The molecule has 2 N–H and O–H groups in total. The van der Waals surface area contributed by atoms with Gasteiger partial charge in [-0.2, -0.15) is 0 Å². The average molecular weight is 396 g/mol. The molecule has 1 heterocycles. The summed E-state index contributed by atoms with van der Waals surface area (Å²) in [5.41, 5.74) is 2.81. The lowest BCUT2D eigenvalue weighted by molar-refractivity contribution is -0.384. The van der Waals surface area contributed by atoms with Crippen molar-refractivity contribution in [1.82, 2.24) is 10.2 Å². The molecule has 2 aromatic rings. The van der Waals surface area contributed by atoms with E-state index in [0.717, 1.165) is 22.1 Å². The van der Waals surface area contributed by atoms with Crippen LogP contribution in [0.3, 0.4) is 0 Å². The summed E-state index contributed by atoms with van der Waals surface area (Å²) in [6, 6.07) is 8.82. The number of nitro groups is 1. The Labute approximate surface area is 166 Å². The SMILES string of the molecule is Cc1ccc(NC(=O)NCCCN2C(=O)c3ccc([N+](=O)[O-])cc3C2=O)cc1C. The standard InChI is InChI=1S/C20H20N4O5/c1-12-4-5-14(10-13(12)2)22-20(27)21-8-3-9-23-18(25)16-7-6-15(24(28)29)11-17(16)19(23)26/h4-7,10-11H,3,8-9H2,1-2H3,(H2,21,22,27). The van der Waals surface area contributed by atoms with Crippen molar-refractivity contribution in [2.75, 3.05) is 18.4 Å². The summed E-state index contributed by atoms with van der Waals surface area (Å²) in [7, 11) is 0. The summed E-state index contributed by atoms with van der Waals surface area (Å²) < 4.78 is 0. The number of fused-ring (bicyclic) bond motifs is 1. The van der Waals surface area contributed by atoms with Gasteiger partial charge in [-0.15, -0.1) is 0 Å². The number of rotatable bonds is 6. The van der Waals surface area contributed by atoms with Crippen LogP contribution in [0.4, 0.5) is 16.2 Å². The minimum absolute atomic E-state index is 0.0321. The number of hydrogen-bond donors (Lipinski definition) is 2. The van der Waals surface area contributed by atoms with Crippen molar-refractivity contribution in [3.63, 3.8) is 0 Å². The molecule has 0 aliphatic carbocycles. The Morgan fingerprint density at radius 3 is 2.45 bits per heavy atom. The van der Waals surface area contributed by atoms with E-state index in [1.54, 1.807) is 6.07 Å². The smallest absolute Gasteiger partial charge is 0.319 e. The molecule has 0 aromatic heterocycles. The molecule has 0 spiro atoms. The molecule has 0 atom stereocenters. The summed E-state index contributed by atoms with van der Waals surface area (Å²) >= 11 is 0. The van der Waals surface area contributed by atoms with Gasteiger partial charge < -0.3 is 10.6 Å². The molecular weight excluding hydrogens is 376 g/mol. The molecular formula is C20H20N4O5. The van der Waals surface area contributed by atoms with Gasteiger partial charge in [0, 0.05) is 30.9 Å². The molecule has 9 heteroatoms. The summed E-state index contributed by atoms with van der Waals surface area (Å²) in [6.07, 6.45) is 0.355. The Hall–Kier alpha value is -3.75. The molecule has 29 heavy (non-hydrogen) atoms. The van der Waals surface area contributed by atoms with Crippen molar-refractivity contribution in [1.29, 1.82) is 0 Å². The van der Waals surface area contributed by atoms with E-state index >= 15 is 0 Å². The monoisotopic (exact) mass is 396 g/mol. The number of nitrogens with one attached hydrogen (secondary N) is 2. The van der Waals surface area contributed by atoms with Gasteiger partial charge in [-0.1, -0.05) is 6.07 Å². The normalized spacial score (nSPS) is 12.7. The summed E-state index contributed by atoms with van der Waals surface area (Å²) in [5, 5.41) is 16.3. The number of non-ortho nitro benzene ring substituents is 1. The van der Waals surface area contributed by atoms with Crippen molar-refractivity contribution in [3.8, 4) is 0 Å². The zero-order valence-corrected chi connectivity index (χ0v) is 16.0. The number of carbonyl (C=O) groups excluding carboxylic acids is 3. The van der Waals surface area contributed by atoms with E-state index in [9.17, 15) is 24.5 Å². The number of amides is 4. The highest BCUT2D eigenvalue weighted by Gasteiger charge is 2.36. The van der Waals surface area contributed by atoms with Crippen molar-refractivity contribution < 1.29 is 19.3 Å². The van der Waals surface area contributed by atoms with Gasteiger partial charge in [-0.05, 0) is 49.6 Å². The van der Waals surface area contributed by atoms with E-state index in [4.69, 9.17) is 0 Å². The number of nitrogens with zero attached hydrogens (tertiary/aromatic N) is 2. The van der Waals surface area contributed by atoms with Crippen molar-refractivity contribution in [2.24, 2.45) is 0 Å². The zero-order chi connectivity index (χ0) is 21.1. The highest BCUT2D eigenvalue weighted by Crippen LogP contribution is 2.26. The van der Waals surface area contributed by atoms with Gasteiger partial charge >= 0.3 is 6.03 Å². The number of carbonyl (C=O) groups is 3. The van der Waals surface area contributed by atoms with Crippen LogP contribution in [0.2, 0.25) is 0 Å². The van der Waals surface area contributed by atoms with Gasteiger partial charge in [0.1, 0.15) is 0 Å². The van der Waals surface area contributed by atoms with Crippen LogP contribution in [0.5, 0.6) is 0 Å². The minimum atomic E-state index is -0.612. The number of urea groups is 1. The maximum Gasteiger partial charge on any atom is 0.319 e. The fraction of sp³-hybridized carbons (Fsp3) is 0.250. The number of imide groups is 1. The van der Waals surface area contributed by atoms with E-state index < -0.39 is 16.7 Å². The molecule has 9 nitrogen and oxygen atoms in total. The Morgan fingerprint density at radius 2 is 1.76 bits per heavy atom. The van der Waals surface area contributed by atoms with E-state index in [1.807, 2.05) is 26.0 Å². The van der Waals surface area contributed by atoms with Crippen LogP contribution >= 0.6 is 0 Å². The summed E-state index contributed by atoms with van der Waals surface area (Å²) in [5.74, 6) is -1.05. The third-order valence-electron chi connectivity index (χ3n) is 4.77. The molecule has 2 aromatic carbocycles. The van der Waals surface area contributed by atoms with Crippen LogP contribution in [-0.2, 0) is 0 Å². The van der Waals surface area contributed by atoms with Gasteiger partial charge in [0.25, 0.3) is 17.5 Å². The van der Waals surface area contributed by atoms with Crippen molar-refractivity contribution in [3.05, 3.63) is 68.8 Å². The molecule has 0 saturated carbocycles. The first-order valence-electron chi connectivity index (χ1n) is 9.04. The van der Waals surface area contributed by atoms with E-state index in [-0.39, 0.29) is 35.9 Å². The van der Waals surface area contributed by atoms with Crippen molar-refractivity contribution in [2.45, 2.75) is 20.3 Å². The molecule has 4 amide bonds. The van der Waals surface area contributed by atoms with E-state index in [0.29, 0.717) is 12.1 Å². The predicted molar refractivity (Wildman–Crippen MR) is 106 cm³/mol. The fourth-order valence-electron chi connectivity index (χ4n) is 3.03. The lowest BCUT2D eigenvalue weighted by Gasteiger charge is -2.14. The van der Waals surface area contributed by atoms with Gasteiger partial charge in [-0.25, -0.2) is 4.79 Å². The Morgan fingerprint density at radius 1 is 1.03 bits per heavy atom. The Bertz CT molecular complexity index is 1020. The maximum absolute atomic E-state index is 12.4. The van der Waals surface area contributed by atoms with Crippen LogP contribution in [0.25, 0.3) is 0 Å². The third-order valence-corrected chi connectivity index (χ3v) is 4.77. The number of aryl methyl sites for hydroxylation is 2. The Balaban J connectivity index is 1.51. The summed E-state index contributed by atoms with van der Waals surface area (Å²) in [4.78, 5) is 48.0. The molecule has 1 aliphatic rings. The van der Waals surface area contributed by atoms with Crippen LogP contribution < -0.4 is 10.6 Å². The average Bonchev–Trinajstić information content (AvgIpc) is 2.92. The predicted octanol–water partition coefficient (Wildman–Crippen LogP) is 3.02. The van der Waals surface area contributed by atoms with E-state index in [2.05, 4.69) is 10.6 Å². The number of nitro benzene ring substituents is 1. The second-order valence-corrected chi connectivity index (χ2v) is 6.78. The largest absolute Gasteiger partial charge is 0.338 e.